The molecule has 0 rings (SSSR count). The Labute approximate surface area is 131 Å². The van der Waals surface area contributed by atoms with E-state index in [1.807, 2.05) is 13.8 Å². The van der Waals surface area contributed by atoms with Crippen molar-refractivity contribution in [3.05, 3.63) is 0 Å². The van der Waals surface area contributed by atoms with Gasteiger partial charge < -0.3 is 15.2 Å². The predicted molar refractivity (Wildman–Crippen MR) is 82.3 cm³/mol. The summed E-state index contributed by atoms with van der Waals surface area (Å²) in [5, 5.41) is 11.5. The highest BCUT2D eigenvalue weighted by molar-refractivity contribution is 5.91. The number of amides is 1. The second-order valence-electron chi connectivity index (χ2n) is 6.11. The molecule has 22 heavy (non-hydrogen) atoms. The maximum atomic E-state index is 12.1. The van der Waals surface area contributed by atoms with Gasteiger partial charge in [-0.25, -0.2) is 0 Å². The fourth-order valence-corrected chi connectivity index (χ4v) is 2.04. The number of nitrogens with one attached hydrogen (secondary N) is 1. The van der Waals surface area contributed by atoms with Gasteiger partial charge in [0.05, 0.1) is 12.0 Å². The van der Waals surface area contributed by atoms with E-state index in [1.54, 1.807) is 0 Å². The van der Waals surface area contributed by atoms with E-state index in [2.05, 4.69) is 5.32 Å². The van der Waals surface area contributed by atoms with Gasteiger partial charge in [0.25, 0.3) is 0 Å². The highest BCUT2D eigenvalue weighted by Crippen LogP contribution is 2.11. The van der Waals surface area contributed by atoms with E-state index in [4.69, 9.17) is 5.11 Å². The number of rotatable bonds is 11. The first-order valence-electron chi connectivity index (χ1n) is 7.69. The molecule has 0 radical (unpaired) electrons. The second kappa shape index (κ2) is 10.1. The normalized spacial score (nSPS) is 13.5. The van der Waals surface area contributed by atoms with Crippen molar-refractivity contribution >= 4 is 23.4 Å². The number of hydrogen-bond acceptors (Lipinski definition) is 4. The summed E-state index contributed by atoms with van der Waals surface area (Å²) < 4.78 is 0. The molecule has 0 aliphatic rings. The van der Waals surface area contributed by atoms with Gasteiger partial charge in [0.2, 0.25) is 5.91 Å². The van der Waals surface area contributed by atoms with Crippen LogP contribution in [-0.2, 0) is 19.2 Å². The Morgan fingerprint density at radius 1 is 1.00 bits per heavy atom. The molecule has 0 saturated carbocycles. The summed E-state index contributed by atoms with van der Waals surface area (Å²) in [4.78, 5) is 45.6. The monoisotopic (exact) mass is 313 g/mol. The molecule has 0 spiro atoms. The van der Waals surface area contributed by atoms with Crippen molar-refractivity contribution in [2.45, 2.75) is 65.8 Å². The van der Waals surface area contributed by atoms with Gasteiger partial charge in [-0.1, -0.05) is 20.8 Å². The van der Waals surface area contributed by atoms with E-state index in [9.17, 15) is 19.2 Å². The van der Waals surface area contributed by atoms with Crippen molar-refractivity contribution in [3.63, 3.8) is 0 Å². The van der Waals surface area contributed by atoms with E-state index >= 15 is 0 Å². The van der Waals surface area contributed by atoms with Crippen molar-refractivity contribution in [1.82, 2.24) is 5.32 Å². The molecule has 6 heteroatoms. The minimum Gasteiger partial charge on any atom is -0.481 e. The van der Waals surface area contributed by atoms with Crippen LogP contribution in [0, 0.1) is 11.8 Å². The molecular weight excluding hydrogens is 286 g/mol. The summed E-state index contributed by atoms with van der Waals surface area (Å²) in [6.45, 7) is 6.60. The second-order valence-corrected chi connectivity index (χ2v) is 6.11. The molecule has 2 N–H and O–H groups in total. The molecule has 0 heterocycles. The third kappa shape index (κ3) is 8.54. The van der Waals surface area contributed by atoms with Gasteiger partial charge in [0.1, 0.15) is 5.78 Å². The van der Waals surface area contributed by atoms with E-state index in [-0.39, 0.29) is 36.2 Å². The van der Waals surface area contributed by atoms with Crippen LogP contribution in [0.25, 0.3) is 0 Å². The molecule has 0 fully saturated rings. The Morgan fingerprint density at radius 3 is 2.00 bits per heavy atom. The first-order chi connectivity index (χ1) is 10.1. The molecule has 0 aromatic rings. The molecule has 2 atom stereocenters. The van der Waals surface area contributed by atoms with Crippen LogP contribution in [0.1, 0.15) is 59.8 Å². The van der Waals surface area contributed by atoms with E-state index in [0.717, 1.165) is 0 Å². The summed E-state index contributed by atoms with van der Waals surface area (Å²) >= 11 is 0. The van der Waals surface area contributed by atoms with E-state index in [0.29, 0.717) is 19.3 Å². The minimum absolute atomic E-state index is 0.0944. The first-order valence-corrected chi connectivity index (χ1v) is 7.69. The smallest absolute Gasteiger partial charge is 0.306 e. The van der Waals surface area contributed by atoms with Crippen LogP contribution in [0.2, 0.25) is 0 Å². The lowest BCUT2D eigenvalue weighted by Gasteiger charge is -2.22. The summed E-state index contributed by atoms with van der Waals surface area (Å²) in [5.74, 6) is -2.29. The van der Waals surface area contributed by atoms with Crippen LogP contribution in [0.4, 0.5) is 0 Å². The Bertz CT molecular complexity index is 417. The summed E-state index contributed by atoms with van der Waals surface area (Å²) in [6.07, 6.45) is 1.87. The van der Waals surface area contributed by atoms with Gasteiger partial charge in [-0.2, -0.15) is 0 Å². The highest BCUT2D eigenvalue weighted by Gasteiger charge is 2.27. The molecule has 0 aromatic carbocycles. The van der Waals surface area contributed by atoms with Crippen molar-refractivity contribution < 1.29 is 24.3 Å². The van der Waals surface area contributed by atoms with E-state index in [1.165, 1.54) is 13.8 Å². The minimum atomic E-state index is -1.02. The fraction of sp³-hybridized carbons (Fsp3) is 0.750. The van der Waals surface area contributed by atoms with Crippen molar-refractivity contribution in [3.8, 4) is 0 Å². The van der Waals surface area contributed by atoms with Gasteiger partial charge in [-0.3, -0.25) is 14.4 Å². The largest absolute Gasteiger partial charge is 0.481 e. The number of unbranched alkanes of at least 4 members (excludes halogenated alkanes) is 1. The number of ketones is 2. The molecule has 0 saturated heterocycles. The summed E-state index contributed by atoms with van der Waals surface area (Å²) in [5.41, 5.74) is 0. The fourth-order valence-electron chi connectivity index (χ4n) is 2.04. The van der Waals surface area contributed by atoms with Crippen molar-refractivity contribution in [1.29, 1.82) is 0 Å². The molecule has 1 amide bonds. The van der Waals surface area contributed by atoms with Crippen LogP contribution in [0.3, 0.4) is 0 Å². The number of carboxylic acids is 1. The molecule has 0 bridgehead atoms. The maximum absolute atomic E-state index is 12.1. The van der Waals surface area contributed by atoms with Gasteiger partial charge in [0, 0.05) is 19.3 Å². The lowest BCUT2D eigenvalue weighted by Crippen LogP contribution is -2.45. The molecule has 6 nitrogen and oxygen atoms in total. The van der Waals surface area contributed by atoms with Crippen LogP contribution >= 0.6 is 0 Å². The third-order valence-electron chi connectivity index (χ3n) is 3.44. The molecular formula is C16H27NO5. The topological polar surface area (TPSA) is 101 Å². The standard InChI is InChI=1S/C16H27NO5/c1-10(2)15(13(19)9-11(3)16(21)22)17-14(20)8-6-5-7-12(4)18/h10-11,15H,5-9H2,1-4H3,(H,17,20)(H,21,22)/t11-,15+/m1/s1. The van der Waals surface area contributed by atoms with Crippen LogP contribution in [0.15, 0.2) is 0 Å². The third-order valence-corrected chi connectivity index (χ3v) is 3.44. The van der Waals surface area contributed by atoms with Crippen molar-refractivity contribution in [2.24, 2.45) is 11.8 Å². The number of carbonyl (C=O) groups excluding carboxylic acids is 3. The maximum Gasteiger partial charge on any atom is 0.306 e. The summed E-state index contributed by atoms with van der Waals surface area (Å²) in [6, 6.07) is -0.665. The van der Waals surface area contributed by atoms with Gasteiger partial charge >= 0.3 is 5.97 Å². The number of carbonyl (C=O) groups is 4. The first kappa shape index (κ1) is 20.3. The van der Waals surface area contributed by atoms with Gasteiger partial charge in [0.15, 0.2) is 5.78 Å². The zero-order chi connectivity index (χ0) is 17.3. The van der Waals surface area contributed by atoms with Gasteiger partial charge in [-0.15, -0.1) is 0 Å². The van der Waals surface area contributed by atoms with Gasteiger partial charge in [-0.05, 0) is 25.7 Å². The molecule has 126 valence electrons. The predicted octanol–water partition coefficient (Wildman–Crippen LogP) is 1.96. The number of aliphatic carboxylic acids is 1. The summed E-state index contributed by atoms with van der Waals surface area (Å²) in [7, 11) is 0. The molecule has 0 aliphatic carbocycles. The Hall–Kier alpha value is -1.72. The number of carboxylic acid groups (broad SMARTS) is 1. The molecule has 0 unspecified atom stereocenters. The van der Waals surface area contributed by atoms with Crippen LogP contribution in [0.5, 0.6) is 0 Å². The lowest BCUT2D eigenvalue weighted by atomic mass is 9.93. The Kier molecular flexibility index (Phi) is 9.29. The quantitative estimate of drug-likeness (QED) is 0.568. The SMILES string of the molecule is CC(=O)CCCCC(=O)N[C@H](C(=O)C[C@@H](C)C(=O)O)C(C)C. The van der Waals surface area contributed by atoms with E-state index < -0.39 is 17.9 Å². The average molecular weight is 313 g/mol. The Morgan fingerprint density at radius 2 is 1.55 bits per heavy atom. The molecule has 0 aromatic heterocycles. The van der Waals surface area contributed by atoms with Crippen LogP contribution in [-0.4, -0.2) is 34.6 Å². The lowest BCUT2D eigenvalue weighted by molar-refractivity contribution is -0.143. The molecule has 0 aliphatic heterocycles. The van der Waals surface area contributed by atoms with Crippen molar-refractivity contribution in [2.75, 3.05) is 0 Å². The number of Topliss-reactive ketones (excluding diaryl/α,β-unsaturated/α-hetero) is 2. The highest BCUT2D eigenvalue weighted by atomic mass is 16.4. The van der Waals surface area contributed by atoms with Crippen LogP contribution < -0.4 is 5.32 Å². The average Bonchev–Trinajstić information content (AvgIpc) is 2.39. The zero-order valence-corrected chi connectivity index (χ0v) is 13.8. The number of hydrogen-bond donors (Lipinski definition) is 2. The zero-order valence-electron chi connectivity index (χ0n) is 13.8. The Balaban J connectivity index is 4.39.